The highest BCUT2D eigenvalue weighted by Crippen LogP contribution is 2.38. The summed E-state index contributed by atoms with van der Waals surface area (Å²) in [6, 6.07) is 7.66. The van der Waals surface area contributed by atoms with Crippen LogP contribution in [-0.2, 0) is 4.84 Å². The van der Waals surface area contributed by atoms with Gasteiger partial charge in [-0.1, -0.05) is 29.8 Å². The Kier molecular flexibility index (Phi) is 5.45. The first-order valence-electron chi connectivity index (χ1n) is 8.47. The van der Waals surface area contributed by atoms with Gasteiger partial charge >= 0.3 is 0 Å². The molecule has 1 aromatic carbocycles. The fraction of sp³-hybridized carbons (Fsp3) is 0.579. The second-order valence-electron chi connectivity index (χ2n) is 7.85. The van der Waals surface area contributed by atoms with Gasteiger partial charge < -0.3 is 0 Å². The number of hydrogen-bond acceptors (Lipinski definition) is 4. The van der Waals surface area contributed by atoms with E-state index in [0.29, 0.717) is 0 Å². The highest BCUT2D eigenvalue weighted by Gasteiger charge is 2.42. The Labute approximate surface area is 144 Å². The minimum atomic E-state index is -0.357. The van der Waals surface area contributed by atoms with Gasteiger partial charge in [-0.3, -0.25) is 15.0 Å². The number of nitrogens with zero attached hydrogens (tertiary/aromatic N) is 2. The highest BCUT2D eigenvalue weighted by atomic mass is 16.7. The quantitative estimate of drug-likeness (QED) is 0.584. The molecule has 0 radical (unpaired) electrons. The van der Waals surface area contributed by atoms with Gasteiger partial charge in [0, 0.05) is 17.2 Å². The van der Waals surface area contributed by atoms with Crippen molar-refractivity contribution in [1.29, 1.82) is 0 Å². The molecular weight excluding hydrogens is 304 g/mol. The minimum absolute atomic E-state index is 0.0340. The molecule has 1 saturated heterocycles. The lowest BCUT2D eigenvalue weighted by Gasteiger charge is -2.51. The Morgan fingerprint density at radius 1 is 1.21 bits per heavy atom. The number of nitro groups is 1. The third-order valence-corrected chi connectivity index (χ3v) is 4.66. The van der Waals surface area contributed by atoms with E-state index in [1.165, 1.54) is 0 Å². The molecule has 1 aliphatic heterocycles. The van der Waals surface area contributed by atoms with Crippen LogP contribution < -0.4 is 0 Å². The van der Waals surface area contributed by atoms with Gasteiger partial charge in [0.25, 0.3) is 5.70 Å². The zero-order valence-corrected chi connectivity index (χ0v) is 15.3. The second-order valence-corrected chi connectivity index (χ2v) is 7.85. The summed E-state index contributed by atoms with van der Waals surface area (Å²) >= 11 is 0. The number of hydroxylamine groups is 2. The van der Waals surface area contributed by atoms with E-state index in [0.717, 1.165) is 30.4 Å². The van der Waals surface area contributed by atoms with E-state index in [1.807, 2.05) is 36.3 Å². The van der Waals surface area contributed by atoms with Gasteiger partial charge in [0.05, 0.1) is 4.92 Å². The molecule has 5 nitrogen and oxygen atoms in total. The third-order valence-electron chi connectivity index (χ3n) is 4.66. The van der Waals surface area contributed by atoms with Crippen LogP contribution >= 0.6 is 0 Å². The molecule has 0 atom stereocenters. The average Bonchev–Trinajstić information content (AvgIpc) is 2.46. The molecule has 1 fully saturated rings. The van der Waals surface area contributed by atoms with Crippen molar-refractivity contribution in [2.75, 3.05) is 6.61 Å². The fourth-order valence-corrected chi connectivity index (χ4v) is 3.46. The van der Waals surface area contributed by atoms with Crippen molar-refractivity contribution in [2.24, 2.45) is 0 Å². The van der Waals surface area contributed by atoms with Crippen molar-refractivity contribution >= 4 is 6.08 Å². The second kappa shape index (κ2) is 7.03. The lowest BCUT2D eigenvalue weighted by Crippen LogP contribution is -2.58. The Balaban J connectivity index is 2.16. The Hall–Kier alpha value is -1.72. The number of piperidine rings is 1. The van der Waals surface area contributed by atoms with Gasteiger partial charge in [-0.2, -0.15) is 5.06 Å². The molecule has 132 valence electrons. The first-order valence-corrected chi connectivity index (χ1v) is 8.47. The standard InChI is InChI=1S/C19H28N2O3/c1-15-7-9-16(10-8-15)13-17(20(22)23)14-24-21-18(2,3)11-6-12-19(21,4)5/h7-10,13H,6,11-12,14H2,1-5H3/b17-13+. The summed E-state index contributed by atoms with van der Waals surface area (Å²) < 4.78 is 0. The molecule has 5 heteroatoms. The molecule has 0 spiro atoms. The maximum Gasteiger partial charge on any atom is 0.274 e. The summed E-state index contributed by atoms with van der Waals surface area (Å²) in [6.45, 7) is 10.5. The van der Waals surface area contributed by atoms with Crippen molar-refractivity contribution in [2.45, 2.75) is 65.0 Å². The van der Waals surface area contributed by atoms with Gasteiger partial charge in [-0.15, -0.1) is 0 Å². The van der Waals surface area contributed by atoms with Gasteiger partial charge in [-0.25, -0.2) is 0 Å². The lowest BCUT2D eigenvalue weighted by molar-refractivity contribution is -0.436. The van der Waals surface area contributed by atoms with Gasteiger partial charge in [0.2, 0.25) is 0 Å². The summed E-state index contributed by atoms with van der Waals surface area (Å²) in [6.07, 6.45) is 4.77. The number of benzene rings is 1. The van der Waals surface area contributed by atoms with Gasteiger partial charge in [0.15, 0.2) is 6.61 Å². The molecule has 0 saturated carbocycles. The van der Waals surface area contributed by atoms with Crippen molar-refractivity contribution in [3.8, 4) is 0 Å². The summed E-state index contributed by atoms with van der Waals surface area (Å²) in [5, 5.41) is 13.4. The van der Waals surface area contributed by atoms with E-state index in [9.17, 15) is 10.1 Å². The van der Waals surface area contributed by atoms with Crippen LogP contribution in [0.15, 0.2) is 30.0 Å². The maximum absolute atomic E-state index is 11.4. The van der Waals surface area contributed by atoms with Crippen LogP contribution in [0.25, 0.3) is 6.08 Å². The topological polar surface area (TPSA) is 55.6 Å². The van der Waals surface area contributed by atoms with Gasteiger partial charge in [-0.05, 0) is 59.4 Å². The normalized spacial score (nSPS) is 20.8. The average molecular weight is 332 g/mol. The first-order chi connectivity index (χ1) is 11.1. The molecule has 2 rings (SSSR count). The molecule has 1 aromatic rings. The van der Waals surface area contributed by atoms with E-state index in [2.05, 4.69) is 27.7 Å². The molecular formula is C19H28N2O3. The minimum Gasteiger partial charge on any atom is -0.287 e. The fourth-order valence-electron chi connectivity index (χ4n) is 3.46. The molecule has 0 amide bonds. The Bertz CT molecular complexity index is 602. The van der Waals surface area contributed by atoms with E-state index < -0.39 is 0 Å². The zero-order valence-electron chi connectivity index (χ0n) is 15.3. The summed E-state index contributed by atoms with van der Waals surface area (Å²) in [4.78, 5) is 17.0. The van der Waals surface area contributed by atoms with E-state index in [4.69, 9.17) is 4.84 Å². The monoisotopic (exact) mass is 332 g/mol. The molecule has 24 heavy (non-hydrogen) atoms. The maximum atomic E-state index is 11.4. The number of aryl methyl sites for hydroxylation is 1. The lowest BCUT2D eigenvalue weighted by atomic mass is 9.82. The number of hydrogen-bond donors (Lipinski definition) is 0. The van der Waals surface area contributed by atoms with Crippen LogP contribution in [-0.4, -0.2) is 27.7 Å². The van der Waals surface area contributed by atoms with Crippen molar-refractivity contribution in [3.05, 3.63) is 51.2 Å². The highest BCUT2D eigenvalue weighted by molar-refractivity contribution is 5.51. The third kappa shape index (κ3) is 4.42. The molecule has 0 aliphatic carbocycles. The SMILES string of the molecule is Cc1ccc(/C=C(\CON2C(C)(C)CCCC2(C)C)[N+](=O)[O-])cc1. The van der Waals surface area contributed by atoms with Crippen molar-refractivity contribution in [1.82, 2.24) is 5.06 Å². The Morgan fingerprint density at radius 2 is 1.75 bits per heavy atom. The van der Waals surface area contributed by atoms with Crippen LogP contribution in [0, 0.1) is 17.0 Å². The zero-order chi connectivity index (χ0) is 18.0. The van der Waals surface area contributed by atoms with Crippen molar-refractivity contribution < 1.29 is 9.76 Å². The largest absolute Gasteiger partial charge is 0.287 e. The molecule has 0 unspecified atom stereocenters. The van der Waals surface area contributed by atoms with Crippen LogP contribution in [0.1, 0.15) is 58.1 Å². The van der Waals surface area contributed by atoms with E-state index in [1.54, 1.807) is 6.08 Å². The van der Waals surface area contributed by atoms with Crippen LogP contribution in [0.4, 0.5) is 0 Å². The van der Waals surface area contributed by atoms with Crippen LogP contribution in [0.5, 0.6) is 0 Å². The van der Waals surface area contributed by atoms with Crippen molar-refractivity contribution in [3.63, 3.8) is 0 Å². The Morgan fingerprint density at radius 3 is 2.25 bits per heavy atom. The number of rotatable bonds is 5. The van der Waals surface area contributed by atoms with Crippen LogP contribution in [0.3, 0.4) is 0 Å². The predicted octanol–water partition coefficient (Wildman–Crippen LogP) is 4.59. The first kappa shape index (κ1) is 18.6. The van der Waals surface area contributed by atoms with Crippen LogP contribution in [0.2, 0.25) is 0 Å². The molecule has 0 bridgehead atoms. The molecule has 1 aliphatic rings. The predicted molar refractivity (Wildman–Crippen MR) is 96.0 cm³/mol. The summed E-state index contributed by atoms with van der Waals surface area (Å²) in [5.74, 6) is 0. The smallest absolute Gasteiger partial charge is 0.274 e. The van der Waals surface area contributed by atoms with Gasteiger partial charge in [0.1, 0.15) is 0 Å². The molecule has 0 aromatic heterocycles. The summed E-state index contributed by atoms with van der Waals surface area (Å²) in [5.41, 5.74) is 1.74. The van der Waals surface area contributed by atoms with E-state index in [-0.39, 0.29) is 28.3 Å². The summed E-state index contributed by atoms with van der Waals surface area (Å²) in [7, 11) is 0. The van der Waals surface area contributed by atoms with E-state index >= 15 is 0 Å². The molecule has 0 N–H and O–H groups in total. The molecule has 1 heterocycles.